The topological polar surface area (TPSA) is 47.6 Å². The number of fused-ring (bicyclic) bond motifs is 1. The van der Waals surface area contributed by atoms with Crippen molar-refractivity contribution in [3.05, 3.63) is 75.4 Å². The Labute approximate surface area is 143 Å². The van der Waals surface area contributed by atoms with Gasteiger partial charge in [-0.05, 0) is 17.2 Å². The van der Waals surface area contributed by atoms with Crippen molar-refractivity contribution in [1.29, 1.82) is 0 Å². The van der Waals surface area contributed by atoms with Crippen molar-refractivity contribution >= 4 is 27.7 Å². The third-order valence-corrected chi connectivity index (χ3v) is 4.39. The van der Waals surface area contributed by atoms with E-state index in [-0.39, 0.29) is 0 Å². The van der Waals surface area contributed by atoms with E-state index in [1.165, 1.54) is 7.11 Å². The maximum absolute atomic E-state index is 12.0. The van der Waals surface area contributed by atoms with Gasteiger partial charge in [0.1, 0.15) is 6.61 Å². The lowest BCUT2D eigenvalue weighted by atomic mass is 10.0. The molecule has 2 aromatic rings. The number of esters is 1. The van der Waals surface area contributed by atoms with Crippen LogP contribution in [0.5, 0.6) is 0 Å². The number of ether oxygens (including phenoxy) is 2. The average molecular weight is 374 g/mol. The average Bonchev–Trinajstić information content (AvgIpc) is 2.60. The Bertz CT molecular complexity index is 756. The Morgan fingerprint density at radius 2 is 1.96 bits per heavy atom. The fourth-order valence-electron chi connectivity index (χ4n) is 2.49. The van der Waals surface area contributed by atoms with Gasteiger partial charge in [0.15, 0.2) is 11.5 Å². The first-order valence-corrected chi connectivity index (χ1v) is 8.01. The van der Waals surface area contributed by atoms with Gasteiger partial charge in [0.25, 0.3) is 0 Å². The Hall–Kier alpha value is -2.27. The first kappa shape index (κ1) is 15.6. The van der Waals surface area contributed by atoms with Crippen LogP contribution in [0.4, 0.5) is 0 Å². The Morgan fingerprint density at radius 3 is 2.70 bits per heavy atom. The van der Waals surface area contributed by atoms with Crippen molar-refractivity contribution in [2.24, 2.45) is 0 Å². The molecule has 118 valence electrons. The summed E-state index contributed by atoms with van der Waals surface area (Å²) < 4.78 is 11.8. The summed E-state index contributed by atoms with van der Waals surface area (Å²) in [5.74, 6) is 0.0851. The number of carbonyl (C=O) groups excluding carboxylic acids is 1. The van der Waals surface area contributed by atoms with E-state index in [1.54, 1.807) is 0 Å². The largest absolute Gasteiger partial charge is 0.486 e. The minimum absolute atomic E-state index is 0.356. The summed E-state index contributed by atoms with van der Waals surface area (Å²) in [5, 5.41) is 3.10. The Kier molecular flexibility index (Phi) is 4.67. The lowest BCUT2D eigenvalue weighted by molar-refractivity contribution is -0.136. The number of nitrogens with one attached hydrogen (secondary N) is 1. The fourth-order valence-corrected chi connectivity index (χ4v) is 3.00. The highest BCUT2D eigenvalue weighted by Crippen LogP contribution is 2.32. The summed E-state index contributed by atoms with van der Waals surface area (Å²) in [6, 6.07) is 15.7. The molecular weight excluding hydrogens is 358 g/mol. The van der Waals surface area contributed by atoms with Crippen LogP contribution >= 0.6 is 15.9 Å². The van der Waals surface area contributed by atoms with Gasteiger partial charge in [0.05, 0.1) is 7.11 Å². The summed E-state index contributed by atoms with van der Waals surface area (Å²) >= 11 is 3.55. The summed E-state index contributed by atoms with van der Waals surface area (Å²) in [5.41, 5.74) is 3.35. The molecule has 0 saturated heterocycles. The molecule has 0 radical (unpaired) electrons. The third-order valence-electron chi connectivity index (χ3n) is 3.65. The number of benzene rings is 2. The van der Waals surface area contributed by atoms with Gasteiger partial charge in [-0.25, -0.2) is 4.79 Å². The van der Waals surface area contributed by atoms with Crippen molar-refractivity contribution in [2.45, 2.75) is 13.2 Å². The van der Waals surface area contributed by atoms with Gasteiger partial charge in [-0.3, -0.25) is 0 Å². The second kappa shape index (κ2) is 6.87. The van der Waals surface area contributed by atoms with Gasteiger partial charge in [0.2, 0.25) is 0 Å². The maximum atomic E-state index is 12.0. The van der Waals surface area contributed by atoms with Crippen LogP contribution in [0.1, 0.15) is 16.7 Å². The molecular formula is C18H16BrNO3. The predicted octanol–water partition coefficient (Wildman–Crippen LogP) is 3.61. The van der Waals surface area contributed by atoms with Crippen molar-refractivity contribution < 1.29 is 14.3 Å². The van der Waals surface area contributed by atoms with Crippen LogP contribution in [-0.4, -0.2) is 13.1 Å². The fraction of sp³-hybridized carbons (Fsp3) is 0.167. The van der Waals surface area contributed by atoms with E-state index < -0.39 is 5.97 Å². The van der Waals surface area contributed by atoms with Gasteiger partial charge in [0, 0.05) is 16.6 Å². The summed E-state index contributed by atoms with van der Waals surface area (Å²) in [4.78, 5) is 12.0. The zero-order valence-electron chi connectivity index (χ0n) is 12.6. The van der Waals surface area contributed by atoms with Crippen LogP contribution in [0, 0.1) is 0 Å². The highest BCUT2D eigenvalue weighted by Gasteiger charge is 2.26. The molecule has 1 N–H and O–H groups in total. The molecule has 0 atom stereocenters. The molecule has 0 saturated carbocycles. The highest BCUT2D eigenvalue weighted by molar-refractivity contribution is 9.10. The second-order valence-electron chi connectivity index (χ2n) is 5.09. The second-order valence-corrected chi connectivity index (χ2v) is 5.94. The van der Waals surface area contributed by atoms with Crippen molar-refractivity contribution in [2.75, 3.05) is 7.11 Å². The van der Waals surface area contributed by atoms with Crippen LogP contribution in [0.2, 0.25) is 0 Å². The highest BCUT2D eigenvalue weighted by atomic mass is 79.9. The predicted molar refractivity (Wildman–Crippen MR) is 91.1 cm³/mol. The zero-order chi connectivity index (χ0) is 16.2. The van der Waals surface area contributed by atoms with E-state index in [2.05, 4.69) is 21.2 Å². The lowest BCUT2D eigenvalue weighted by Crippen LogP contribution is -2.28. The molecule has 1 aliphatic heterocycles. The summed E-state index contributed by atoms with van der Waals surface area (Å²) in [6.45, 7) is 0.920. The van der Waals surface area contributed by atoms with Crippen LogP contribution in [0.15, 0.2) is 58.7 Å². The summed E-state index contributed by atoms with van der Waals surface area (Å²) in [7, 11) is 1.36. The summed E-state index contributed by atoms with van der Waals surface area (Å²) in [6.07, 6.45) is 0. The molecule has 0 spiro atoms. The number of methoxy groups -OCH3 is 1. The van der Waals surface area contributed by atoms with Gasteiger partial charge in [-0.2, -0.15) is 0 Å². The number of halogens is 1. The molecule has 0 amide bonds. The molecule has 0 unspecified atom stereocenters. The van der Waals surface area contributed by atoms with Crippen molar-refractivity contribution in [3.63, 3.8) is 0 Å². The van der Waals surface area contributed by atoms with E-state index in [0.717, 1.165) is 21.2 Å². The standard InChI is InChI=1S/C18H16BrNO3/c1-22-18(21)16-17(23-11-12-6-3-2-4-7-12)13-8-5-9-15(19)14(13)10-20-16/h2-9,20H,10-11H2,1H3. The van der Waals surface area contributed by atoms with Crippen molar-refractivity contribution in [3.8, 4) is 0 Å². The van der Waals surface area contributed by atoms with Crippen LogP contribution in [-0.2, 0) is 27.4 Å². The van der Waals surface area contributed by atoms with Gasteiger partial charge in [-0.15, -0.1) is 0 Å². The molecule has 0 fully saturated rings. The van der Waals surface area contributed by atoms with Crippen LogP contribution in [0.3, 0.4) is 0 Å². The van der Waals surface area contributed by atoms with Gasteiger partial charge < -0.3 is 14.8 Å². The first-order valence-electron chi connectivity index (χ1n) is 7.21. The molecule has 23 heavy (non-hydrogen) atoms. The maximum Gasteiger partial charge on any atom is 0.358 e. The number of hydrogen-bond acceptors (Lipinski definition) is 4. The molecule has 1 aliphatic rings. The minimum atomic E-state index is -0.432. The lowest BCUT2D eigenvalue weighted by Gasteiger charge is -2.24. The molecule has 0 bridgehead atoms. The molecule has 5 heteroatoms. The molecule has 4 nitrogen and oxygen atoms in total. The molecule has 2 aromatic carbocycles. The quantitative estimate of drug-likeness (QED) is 0.831. The van der Waals surface area contributed by atoms with Crippen LogP contribution < -0.4 is 5.32 Å². The molecule has 3 rings (SSSR count). The SMILES string of the molecule is COC(=O)C1=C(OCc2ccccc2)c2cccc(Br)c2CN1. The normalized spacial score (nSPS) is 13.1. The van der Waals surface area contributed by atoms with E-state index in [9.17, 15) is 4.79 Å². The minimum Gasteiger partial charge on any atom is -0.486 e. The van der Waals surface area contributed by atoms with Crippen LogP contribution in [0.25, 0.3) is 5.76 Å². The number of carbonyl (C=O) groups is 1. The molecule has 0 aliphatic carbocycles. The Balaban J connectivity index is 1.98. The molecule has 1 heterocycles. The monoisotopic (exact) mass is 373 g/mol. The van der Waals surface area contributed by atoms with E-state index in [0.29, 0.717) is 24.6 Å². The number of rotatable bonds is 4. The smallest absolute Gasteiger partial charge is 0.358 e. The van der Waals surface area contributed by atoms with Gasteiger partial charge >= 0.3 is 5.97 Å². The van der Waals surface area contributed by atoms with Gasteiger partial charge in [-0.1, -0.05) is 58.4 Å². The first-order chi connectivity index (χ1) is 11.2. The zero-order valence-corrected chi connectivity index (χ0v) is 14.2. The molecule has 0 aromatic heterocycles. The van der Waals surface area contributed by atoms with E-state index >= 15 is 0 Å². The van der Waals surface area contributed by atoms with Crippen molar-refractivity contribution in [1.82, 2.24) is 5.32 Å². The third kappa shape index (κ3) is 3.24. The number of hydrogen-bond donors (Lipinski definition) is 1. The Morgan fingerprint density at radius 1 is 1.17 bits per heavy atom. The van der Waals surface area contributed by atoms with E-state index in [4.69, 9.17) is 9.47 Å². The van der Waals surface area contributed by atoms with E-state index in [1.807, 2.05) is 48.5 Å².